The molecule has 280 valence electrons. The van der Waals surface area contributed by atoms with Crippen molar-refractivity contribution < 1.29 is 15.3 Å². The Kier molecular flexibility index (Phi) is 15.8. The van der Waals surface area contributed by atoms with E-state index in [1.54, 1.807) is 36.4 Å². The Morgan fingerprint density at radius 2 is 1.06 bits per heavy atom. The maximum absolute atomic E-state index is 9.94. The number of rotatable bonds is 22. The summed E-state index contributed by atoms with van der Waals surface area (Å²) >= 11 is 0. The van der Waals surface area contributed by atoms with Gasteiger partial charge in [-0.05, 0) is 110 Å². The zero-order valence-corrected chi connectivity index (χ0v) is 30.8. The fourth-order valence-corrected chi connectivity index (χ4v) is 7.38. The average molecular weight is 709 g/mol. The standard InChI is InChI=1S/C43H60N6O3/c1-2-45-37(24-34-12-18-42(51)19-13-34)28-46-38(25-35-14-20-43(52)21-15-35)29-47-39(26-32-7-4-3-5-8-32)31-49-22-6-9-40(49)30-48-36(27-44)23-33-10-16-41(50)17-11-33/h3-5,7-8,10-21,36-40,45-48,50-52H,2,6,9,22-31,44H2,1H3/t36-,37-,38-,39-,40-/m0/s1. The van der Waals surface area contributed by atoms with Crippen LogP contribution in [0.3, 0.4) is 0 Å². The van der Waals surface area contributed by atoms with Crippen molar-refractivity contribution in [1.82, 2.24) is 26.2 Å². The minimum Gasteiger partial charge on any atom is -0.508 e. The monoisotopic (exact) mass is 708 g/mol. The summed E-state index contributed by atoms with van der Waals surface area (Å²) in [6.45, 7) is 8.12. The molecule has 0 amide bonds. The molecule has 4 aromatic carbocycles. The quantitative estimate of drug-likeness (QED) is 0.0600. The molecule has 4 aromatic rings. The van der Waals surface area contributed by atoms with Gasteiger partial charge in [-0.1, -0.05) is 73.7 Å². The summed E-state index contributed by atoms with van der Waals surface area (Å²) < 4.78 is 0. The van der Waals surface area contributed by atoms with Crippen molar-refractivity contribution >= 4 is 0 Å². The second kappa shape index (κ2) is 20.9. The first-order valence-corrected chi connectivity index (χ1v) is 19.1. The molecule has 0 aromatic heterocycles. The summed E-state index contributed by atoms with van der Waals surface area (Å²) in [5.74, 6) is 0.851. The van der Waals surface area contributed by atoms with Gasteiger partial charge in [0.1, 0.15) is 17.2 Å². The molecular weight excluding hydrogens is 649 g/mol. The Morgan fingerprint density at radius 3 is 1.58 bits per heavy atom. The first-order valence-electron chi connectivity index (χ1n) is 19.1. The van der Waals surface area contributed by atoms with E-state index < -0.39 is 0 Å². The molecule has 52 heavy (non-hydrogen) atoms. The lowest BCUT2D eigenvalue weighted by molar-refractivity contribution is 0.213. The van der Waals surface area contributed by atoms with Gasteiger partial charge in [-0.15, -0.1) is 0 Å². The molecule has 1 aliphatic rings. The number of benzene rings is 4. The maximum atomic E-state index is 9.94. The maximum Gasteiger partial charge on any atom is 0.115 e. The van der Waals surface area contributed by atoms with Gasteiger partial charge in [-0.25, -0.2) is 0 Å². The number of nitrogens with two attached hydrogens (primary N) is 1. The first-order chi connectivity index (χ1) is 25.4. The van der Waals surface area contributed by atoms with Crippen LogP contribution in [-0.4, -0.2) is 96.2 Å². The van der Waals surface area contributed by atoms with Crippen LogP contribution in [-0.2, 0) is 25.7 Å². The average Bonchev–Trinajstić information content (AvgIpc) is 3.60. The van der Waals surface area contributed by atoms with E-state index in [9.17, 15) is 15.3 Å². The lowest BCUT2D eigenvalue weighted by Crippen LogP contribution is -2.52. The van der Waals surface area contributed by atoms with Crippen molar-refractivity contribution in [2.45, 2.75) is 75.7 Å². The number of nitrogens with zero attached hydrogens (tertiary/aromatic N) is 1. The van der Waals surface area contributed by atoms with E-state index in [1.807, 2.05) is 36.4 Å². The number of nitrogens with one attached hydrogen (secondary N) is 4. The summed E-state index contributed by atoms with van der Waals surface area (Å²) in [5.41, 5.74) is 11.1. The first kappa shape index (κ1) is 39.3. The smallest absolute Gasteiger partial charge is 0.115 e. The number of hydrogen-bond donors (Lipinski definition) is 8. The lowest BCUT2D eigenvalue weighted by atomic mass is 10.0. The van der Waals surface area contributed by atoms with E-state index in [4.69, 9.17) is 5.73 Å². The highest BCUT2D eigenvalue weighted by molar-refractivity contribution is 5.28. The van der Waals surface area contributed by atoms with Crippen molar-refractivity contribution in [3.05, 3.63) is 125 Å². The number of phenols is 3. The SMILES string of the molecule is CCN[C@H](CN[C@H](CN[C@@H](Cc1ccccc1)CN1CCC[C@H]1CN[C@H](CN)Cc1ccc(O)cc1)Cc1ccc(O)cc1)Cc1ccc(O)cc1. The molecule has 5 atom stereocenters. The summed E-state index contributed by atoms with van der Waals surface area (Å²) in [7, 11) is 0. The van der Waals surface area contributed by atoms with E-state index >= 15 is 0 Å². The van der Waals surface area contributed by atoms with Gasteiger partial charge in [0.25, 0.3) is 0 Å². The lowest BCUT2D eigenvalue weighted by Gasteiger charge is -2.32. The van der Waals surface area contributed by atoms with Crippen LogP contribution in [0.1, 0.15) is 42.0 Å². The third-order valence-corrected chi connectivity index (χ3v) is 10.3. The Hall–Kier alpha value is -3.96. The van der Waals surface area contributed by atoms with Crippen LogP contribution < -0.4 is 27.0 Å². The zero-order valence-electron chi connectivity index (χ0n) is 30.8. The van der Waals surface area contributed by atoms with Crippen molar-refractivity contribution in [2.75, 3.05) is 45.8 Å². The minimum absolute atomic E-state index is 0.171. The predicted molar refractivity (Wildman–Crippen MR) is 212 cm³/mol. The Labute approximate surface area is 310 Å². The molecule has 0 aliphatic carbocycles. The molecule has 9 N–H and O–H groups in total. The van der Waals surface area contributed by atoms with Crippen LogP contribution >= 0.6 is 0 Å². The van der Waals surface area contributed by atoms with Gasteiger partial charge in [0.05, 0.1) is 0 Å². The van der Waals surface area contributed by atoms with Gasteiger partial charge in [0.2, 0.25) is 0 Å². The van der Waals surface area contributed by atoms with Gasteiger partial charge < -0.3 is 42.3 Å². The van der Waals surface area contributed by atoms with E-state index in [0.29, 0.717) is 12.6 Å². The second-order valence-electron chi connectivity index (χ2n) is 14.4. The fourth-order valence-electron chi connectivity index (χ4n) is 7.38. The number of likely N-dealkylation sites (N-methyl/N-ethyl adjacent to an activating group) is 1. The van der Waals surface area contributed by atoms with Gasteiger partial charge in [-0.2, -0.15) is 0 Å². The fraction of sp³-hybridized carbons (Fsp3) is 0.442. The Balaban J connectivity index is 1.24. The summed E-state index contributed by atoms with van der Waals surface area (Å²) in [6.07, 6.45) is 5.83. The van der Waals surface area contributed by atoms with E-state index in [-0.39, 0.29) is 41.4 Å². The van der Waals surface area contributed by atoms with Crippen molar-refractivity contribution in [3.63, 3.8) is 0 Å². The molecule has 0 radical (unpaired) electrons. The molecule has 0 saturated carbocycles. The van der Waals surface area contributed by atoms with Gasteiger partial charge >= 0.3 is 0 Å². The third kappa shape index (κ3) is 13.2. The number of hydrogen-bond acceptors (Lipinski definition) is 9. The molecule has 5 rings (SSSR count). The largest absolute Gasteiger partial charge is 0.508 e. The summed E-state index contributed by atoms with van der Waals surface area (Å²) in [6, 6.07) is 34.6. The topological polar surface area (TPSA) is 138 Å². The molecule has 0 bridgehead atoms. The molecule has 0 unspecified atom stereocenters. The molecule has 1 heterocycles. The van der Waals surface area contributed by atoms with Crippen molar-refractivity contribution in [2.24, 2.45) is 5.73 Å². The predicted octanol–water partition coefficient (Wildman–Crippen LogP) is 4.35. The molecule has 9 nitrogen and oxygen atoms in total. The van der Waals surface area contributed by atoms with Crippen LogP contribution in [0.5, 0.6) is 17.2 Å². The van der Waals surface area contributed by atoms with Crippen LogP contribution in [0.2, 0.25) is 0 Å². The van der Waals surface area contributed by atoms with Gasteiger partial charge in [-0.3, -0.25) is 4.90 Å². The van der Waals surface area contributed by atoms with Crippen molar-refractivity contribution in [3.8, 4) is 17.2 Å². The molecular formula is C43H60N6O3. The van der Waals surface area contributed by atoms with E-state index in [0.717, 1.165) is 65.0 Å². The number of phenolic OH excluding ortho intramolecular Hbond substituents is 3. The molecule has 1 saturated heterocycles. The Morgan fingerprint density at radius 1 is 0.596 bits per heavy atom. The van der Waals surface area contributed by atoms with Gasteiger partial charge in [0, 0.05) is 62.9 Å². The normalized spacial score (nSPS) is 17.2. The number of likely N-dealkylation sites (tertiary alicyclic amines) is 1. The van der Waals surface area contributed by atoms with Gasteiger partial charge in [0.15, 0.2) is 0 Å². The van der Waals surface area contributed by atoms with Crippen LogP contribution in [0.4, 0.5) is 0 Å². The Bertz CT molecular complexity index is 1560. The number of aromatic hydroxyl groups is 3. The highest BCUT2D eigenvalue weighted by Crippen LogP contribution is 2.19. The zero-order chi connectivity index (χ0) is 36.5. The van der Waals surface area contributed by atoms with E-state index in [2.05, 4.69) is 63.4 Å². The molecule has 0 spiro atoms. The van der Waals surface area contributed by atoms with Crippen LogP contribution in [0.25, 0.3) is 0 Å². The van der Waals surface area contributed by atoms with Crippen LogP contribution in [0, 0.1) is 0 Å². The molecule has 1 fully saturated rings. The third-order valence-electron chi connectivity index (χ3n) is 10.3. The summed E-state index contributed by atoms with van der Waals surface area (Å²) in [4.78, 5) is 2.66. The van der Waals surface area contributed by atoms with E-state index in [1.165, 1.54) is 35.1 Å². The van der Waals surface area contributed by atoms with Crippen LogP contribution in [0.15, 0.2) is 103 Å². The van der Waals surface area contributed by atoms with Crippen molar-refractivity contribution in [1.29, 1.82) is 0 Å². The summed E-state index contributed by atoms with van der Waals surface area (Å²) in [5, 5.41) is 44.7. The molecule has 9 heteroatoms. The highest BCUT2D eigenvalue weighted by atomic mass is 16.3. The second-order valence-corrected chi connectivity index (χ2v) is 14.4. The highest BCUT2D eigenvalue weighted by Gasteiger charge is 2.28. The molecule has 1 aliphatic heterocycles. The minimum atomic E-state index is 0.171.